The Hall–Kier alpha value is -3.16. The quantitative estimate of drug-likeness (QED) is 0.482. The van der Waals surface area contributed by atoms with Gasteiger partial charge < -0.3 is 14.5 Å². The summed E-state index contributed by atoms with van der Waals surface area (Å²) in [5.74, 6) is 2.05. The number of ether oxygens (including phenoxy) is 2. The summed E-state index contributed by atoms with van der Waals surface area (Å²) in [6.45, 7) is 1.13. The molecule has 0 saturated carbocycles. The third-order valence-electron chi connectivity index (χ3n) is 4.92. The number of fused-ring (bicyclic) bond motifs is 1. The molecule has 0 aliphatic carbocycles. The van der Waals surface area contributed by atoms with Gasteiger partial charge in [0.1, 0.15) is 10.7 Å². The molecule has 4 rings (SSSR count). The van der Waals surface area contributed by atoms with E-state index in [2.05, 4.69) is 9.88 Å². The number of methoxy groups -OCH3 is 2. The van der Waals surface area contributed by atoms with Crippen molar-refractivity contribution in [2.24, 2.45) is 0 Å². The maximum Gasteiger partial charge on any atom is 0.260 e. The third kappa shape index (κ3) is 3.94. The summed E-state index contributed by atoms with van der Waals surface area (Å²) in [7, 11) is 5.24. The number of thiophene rings is 1. The zero-order valence-electron chi connectivity index (χ0n) is 17.1. The number of aromatic nitrogens is 2. The highest BCUT2D eigenvalue weighted by Gasteiger charge is 2.15. The topological polar surface area (TPSA) is 67.5 Å². The standard InChI is InChI=1S/C23H23N3O3S/c1-26(12-16-10-7-11-18(28-2)21(16)29-3)13-19-24-22(27)20-17(14-30-23(20)25-19)15-8-5-4-6-9-15/h4-11,14H,12-13H2,1-3H3,(H,24,25,27). The van der Waals surface area contributed by atoms with Crippen LogP contribution in [0.2, 0.25) is 0 Å². The van der Waals surface area contributed by atoms with Gasteiger partial charge in [-0.05, 0) is 18.7 Å². The first-order valence-corrected chi connectivity index (χ1v) is 10.4. The lowest BCUT2D eigenvalue weighted by Gasteiger charge is -2.19. The summed E-state index contributed by atoms with van der Waals surface area (Å²) in [4.78, 5) is 23.3. The van der Waals surface area contributed by atoms with Crippen molar-refractivity contribution in [2.75, 3.05) is 21.3 Å². The maximum absolute atomic E-state index is 12.8. The first kappa shape index (κ1) is 20.1. The van der Waals surface area contributed by atoms with Gasteiger partial charge in [0.05, 0.1) is 26.2 Å². The van der Waals surface area contributed by atoms with E-state index in [0.29, 0.717) is 30.0 Å². The van der Waals surface area contributed by atoms with Crippen molar-refractivity contribution in [3.8, 4) is 22.6 Å². The van der Waals surface area contributed by atoms with Crippen molar-refractivity contribution >= 4 is 21.6 Å². The minimum Gasteiger partial charge on any atom is -0.493 e. The molecule has 0 amide bonds. The molecule has 7 heteroatoms. The van der Waals surface area contributed by atoms with E-state index in [-0.39, 0.29) is 5.56 Å². The van der Waals surface area contributed by atoms with Gasteiger partial charge in [-0.2, -0.15) is 0 Å². The van der Waals surface area contributed by atoms with Crippen molar-refractivity contribution in [1.82, 2.24) is 14.9 Å². The number of hydrogen-bond donors (Lipinski definition) is 1. The number of H-pyrrole nitrogens is 1. The fourth-order valence-electron chi connectivity index (χ4n) is 3.58. The summed E-state index contributed by atoms with van der Waals surface area (Å²) < 4.78 is 10.9. The van der Waals surface area contributed by atoms with Crippen LogP contribution in [0.1, 0.15) is 11.4 Å². The predicted octanol–water partition coefficient (Wildman–Crippen LogP) is 4.30. The van der Waals surface area contributed by atoms with Crippen molar-refractivity contribution in [3.05, 3.63) is 75.7 Å². The molecule has 0 atom stereocenters. The van der Waals surface area contributed by atoms with Crippen LogP contribution in [-0.4, -0.2) is 36.1 Å². The molecule has 0 spiro atoms. The second-order valence-electron chi connectivity index (χ2n) is 7.03. The van der Waals surface area contributed by atoms with Gasteiger partial charge in [0, 0.05) is 23.1 Å². The van der Waals surface area contributed by atoms with Crippen molar-refractivity contribution in [2.45, 2.75) is 13.1 Å². The first-order valence-electron chi connectivity index (χ1n) is 9.55. The SMILES string of the molecule is COc1cccc(CN(C)Cc2nc3scc(-c4ccccc4)c3c(=O)[nH]2)c1OC. The average Bonchev–Trinajstić information content (AvgIpc) is 3.18. The van der Waals surface area contributed by atoms with Gasteiger partial charge in [0.2, 0.25) is 0 Å². The lowest BCUT2D eigenvalue weighted by molar-refractivity contribution is 0.297. The lowest BCUT2D eigenvalue weighted by atomic mass is 10.1. The van der Waals surface area contributed by atoms with Crippen molar-refractivity contribution in [3.63, 3.8) is 0 Å². The number of nitrogens with zero attached hydrogens (tertiary/aromatic N) is 2. The highest BCUT2D eigenvalue weighted by molar-refractivity contribution is 7.17. The van der Waals surface area contributed by atoms with E-state index in [1.54, 1.807) is 14.2 Å². The Morgan fingerprint density at radius 1 is 1.03 bits per heavy atom. The predicted molar refractivity (Wildman–Crippen MR) is 120 cm³/mol. The summed E-state index contributed by atoms with van der Waals surface area (Å²) in [6, 6.07) is 15.7. The van der Waals surface area contributed by atoms with Crippen LogP contribution in [0.4, 0.5) is 0 Å². The molecule has 0 saturated heterocycles. The van der Waals surface area contributed by atoms with Gasteiger partial charge in [-0.1, -0.05) is 42.5 Å². The number of hydrogen-bond acceptors (Lipinski definition) is 6. The molecule has 30 heavy (non-hydrogen) atoms. The van der Waals surface area contributed by atoms with Crippen LogP contribution in [0.3, 0.4) is 0 Å². The number of aromatic amines is 1. The van der Waals surface area contributed by atoms with Crippen LogP contribution in [0.25, 0.3) is 21.3 Å². The Labute approximate surface area is 178 Å². The molecule has 0 unspecified atom stereocenters. The van der Waals surface area contributed by atoms with Crippen LogP contribution < -0.4 is 15.0 Å². The van der Waals surface area contributed by atoms with E-state index in [9.17, 15) is 4.79 Å². The Morgan fingerprint density at radius 2 is 1.83 bits per heavy atom. The van der Waals surface area contributed by atoms with Gasteiger partial charge in [0.15, 0.2) is 11.5 Å². The van der Waals surface area contributed by atoms with E-state index < -0.39 is 0 Å². The summed E-state index contributed by atoms with van der Waals surface area (Å²) >= 11 is 1.49. The Bertz CT molecular complexity index is 1220. The van der Waals surface area contributed by atoms with Crippen LogP contribution in [0, 0.1) is 0 Å². The lowest BCUT2D eigenvalue weighted by Crippen LogP contribution is -2.22. The smallest absolute Gasteiger partial charge is 0.260 e. The minimum atomic E-state index is -0.109. The van der Waals surface area contributed by atoms with E-state index in [4.69, 9.17) is 14.5 Å². The van der Waals surface area contributed by atoms with Crippen LogP contribution in [0.15, 0.2) is 58.7 Å². The maximum atomic E-state index is 12.8. The minimum absolute atomic E-state index is 0.109. The second kappa shape index (κ2) is 8.69. The molecule has 0 fully saturated rings. The molecule has 154 valence electrons. The van der Waals surface area contributed by atoms with Gasteiger partial charge in [-0.15, -0.1) is 11.3 Å². The average molecular weight is 422 g/mol. The molecular weight excluding hydrogens is 398 g/mol. The normalized spacial score (nSPS) is 11.2. The number of rotatable bonds is 7. The molecule has 0 bridgehead atoms. The fraction of sp³-hybridized carbons (Fsp3) is 0.217. The second-order valence-corrected chi connectivity index (χ2v) is 7.89. The number of benzene rings is 2. The Balaban J connectivity index is 1.59. The van der Waals surface area contributed by atoms with Gasteiger partial charge in [-0.25, -0.2) is 4.98 Å². The summed E-state index contributed by atoms with van der Waals surface area (Å²) in [5, 5.41) is 2.64. The van der Waals surface area contributed by atoms with Gasteiger partial charge in [0.25, 0.3) is 5.56 Å². The highest BCUT2D eigenvalue weighted by atomic mass is 32.1. The Kier molecular flexibility index (Phi) is 5.83. The number of para-hydroxylation sites is 1. The summed E-state index contributed by atoms with van der Waals surface area (Å²) in [6.07, 6.45) is 0. The molecule has 6 nitrogen and oxygen atoms in total. The first-order chi connectivity index (χ1) is 14.6. The molecule has 0 radical (unpaired) electrons. The molecular formula is C23H23N3O3S. The third-order valence-corrected chi connectivity index (χ3v) is 5.79. The summed E-state index contributed by atoms with van der Waals surface area (Å²) in [5.41, 5.74) is 2.84. The fourth-order valence-corrected chi connectivity index (χ4v) is 4.55. The zero-order valence-corrected chi connectivity index (χ0v) is 18.0. The monoisotopic (exact) mass is 421 g/mol. The van der Waals surface area contributed by atoms with Gasteiger partial charge >= 0.3 is 0 Å². The largest absolute Gasteiger partial charge is 0.493 e. The molecule has 2 heterocycles. The molecule has 0 aliphatic rings. The molecule has 0 aliphatic heterocycles. The van der Waals surface area contributed by atoms with Crippen LogP contribution >= 0.6 is 11.3 Å². The van der Waals surface area contributed by atoms with E-state index in [1.165, 1.54) is 11.3 Å². The van der Waals surface area contributed by atoms with Crippen molar-refractivity contribution < 1.29 is 9.47 Å². The molecule has 1 N–H and O–H groups in total. The molecule has 2 aromatic heterocycles. The van der Waals surface area contributed by atoms with Gasteiger partial charge in [-0.3, -0.25) is 9.69 Å². The van der Waals surface area contributed by atoms with E-state index in [0.717, 1.165) is 27.3 Å². The van der Waals surface area contributed by atoms with Crippen molar-refractivity contribution in [1.29, 1.82) is 0 Å². The van der Waals surface area contributed by atoms with E-state index >= 15 is 0 Å². The van der Waals surface area contributed by atoms with E-state index in [1.807, 2.05) is 61.0 Å². The number of nitrogens with one attached hydrogen (secondary N) is 1. The van der Waals surface area contributed by atoms with Crippen LogP contribution in [0.5, 0.6) is 11.5 Å². The Morgan fingerprint density at radius 3 is 2.57 bits per heavy atom. The zero-order chi connectivity index (χ0) is 21.1. The van der Waals surface area contributed by atoms with Crippen LogP contribution in [-0.2, 0) is 13.1 Å². The molecule has 2 aromatic carbocycles. The molecule has 4 aromatic rings. The highest BCUT2D eigenvalue weighted by Crippen LogP contribution is 2.32.